The molecule has 7 nitrogen and oxygen atoms in total. The number of ether oxygens (including phenoxy) is 1. The van der Waals surface area contributed by atoms with E-state index in [4.69, 9.17) is 4.74 Å². The Bertz CT molecular complexity index is 899. The second-order valence-corrected chi connectivity index (χ2v) is 8.53. The van der Waals surface area contributed by atoms with Crippen LogP contribution in [0.15, 0.2) is 36.5 Å². The Balaban J connectivity index is 0.00000132. The third-order valence-electron chi connectivity index (χ3n) is 6.11. The van der Waals surface area contributed by atoms with E-state index in [1.807, 2.05) is 41.6 Å². The average molecular weight is 427 g/mol. The van der Waals surface area contributed by atoms with E-state index in [0.717, 1.165) is 12.2 Å². The van der Waals surface area contributed by atoms with E-state index >= 15 is 0 Å². The fourth-order valence-electron chi connectivity index (χ4n) is 4.45. The van der Waals surface area contributed by atoms with Gasteiger partial charge in [-0.05, 0) is 38.7 Å². The Morgan fingerprint density at radius 1 is 1.13 bits per heavy atom. The summed E-state index contributed by atoms with van der Waals surface area (Å²) in [5, 5.41) is 8.09. The Morgan fingerprint density at radius 2 is 1.77 bits per heavy atom. The van der Waals surface area contributed by atoms with E-state index in [-0.39, 0.29) is 29.4 Å². The van der Waals surface area contributed by atoms with Crippen LogP contribution in [0, 0.1) is 5.92 Å². The van der Waals surface area contributed by atoms with Gasteiger partial charge >= 0.3 is 5.97 Å². The van der Waals surface area contributed by atoms with Gasteiger partial charge in [-0.15, -0.1) is 0 Å². The number of carbonyl (C=O) groups is 2. The molecule has 3 heterocycles. The van der Waals surface area contributed by atoms with Gasteiger partial charge in [-0.25, -0.2) is 4.68 Å². The maximum atomic E-state index is 13.2. The first-order chi connectivity index (χ1) is 14.9. The van der Waals surface area contributed by atoms with Gasteiger partial charge in [0, 0.05) is 13.1 Å². The van der Waals surface area contributed by atoms with Gasteiger partial charge in [0.2, 0.25) is 0 Å². The number of carbonyl (C=O) groups excluding carboxylic acids is 2. The normalized spacial score (nSPS) is 20.0. The number of rotatable bonds is 3. The maximum absolute atomic E-state index is 13.2. The fourth-order valence-corrected chi connectivity index (χ4v) is 4.45. The van der Waals surface area contributed by atoms with Crippen LogP contribution in [0.5, 0.6) is 0 Å². The molecule has 0 aliphatic carbocycles. The van der Waals surface area contributed by atoms with Gasteiger partial charge in [-0.2, -0.15) is 5.10 Å². The summed E-state index contributed by atoms with van der Waals surface area (Å²) in [6, 6.07) is 10.4. The number of aromatic nitrogens is 2. The minimum absolute atomic E-state index is 0.0356. The molecule has 1 fully saturated rings. The summed E-state index contributed by atoms with van der Waals surface area (Å²) in [6.45, 7) is 9.40. The van der Waals surface area contributed by atoms with Crippen LogP contribution in [0.1, 0.15) is 68.9 Å². The average Bonchev–Trinajstić information content (AvgIpc) is 3.25. The molecular weight excluding hydrogens is 392 g/mol. The molecule has 168 valence electrons. The highest BCUT2D eigenvalue weighted by Gasteiger charge is 2.38. The quantitative estimate of drug-likeness (QED) is 0.744. The first-order valence-electron chi connectivity index (χ1n) is 11.2. The highest BCUT2D eigenvalue weighted by atomic mass is 16.5. The molecule has 31 heavy (non-hydrogen) atoms. The van der Waals surface area contributed by atoms with Gasteiger partial charge in [0.1, 0.15) is 11.4 Å². The molecule has 1 aromatic heterocycles. The van der Waals surface area contributed by atoms with Crippen molar-refractivity contribution in [2.24, 2.45) is 5.92 Å². The summed E-state index contributed by atoms with van der Waals surface area (Å²) < 4.78 is 6.77. The van der Waals surface area contributed by atoms with E-state index in [1.165, 1.54) is 12.7 Å². The van der Waals surface area contributed by atoms with Gasteiger partial charge in [-0.3, -0.25) is 9.59 Å². The number of benzene rings is 1. The van der Waals surface area contributed by atoms with Gasteiger partial charge in [0.05, 0.1) is 30.8 Å². The lowest BCUT2D eigenvalue weighted by Crippen LogP contribution is -2.41. The molecule has 0 bridgehead atoms. The molecule has 0 saturated carbocycles. The van der Waals surface area contributed by atoms with Crippen LogP contribution in [0.2, 0.25) is 0 Å². The molecule has 4 rings (SSSR count). The first-order valence-corrected chi connectivity index (χ1v) is 11.2. The standard InChI is InChI=1S/C22H28N4O3.C2H6/c1-22(2)13-18(15-7-5-4-6-8-15)24-19-17(14-23-26(19)22)20(27)25-11-9-16(10-12-25)21(28)29-3;1-2/h4-8,14,16,18,24H,9-13H2,1-3H3;1-2H3. The van der Waals surface area contributed by atoms with E-state index in [0.29, 0.717) is 31.5 Å². The zero-order valence-electron chi connectivity index (χ0n) is 19.2. The van der Waals surface area contributed by atoms with E-state index in [1.54, 1.807) is 6.20 Å². The molecule has 1 saturated heterocycles. The van der Waals surface area contributed by atoms with Crippen molar-refractivity contribution >= 4 is 17.7 Å². The van der Waals surface area contributed by atoms with Crippen LogP contribution in [0.3, 0.4) is 0 Å². The van der Waals surface area contributed by atoms with E-state index in [9.17, 15) is 9.59 Å². The van der Waals surface area contributed by atoms with Crippen LogP contribution in [-0.2, 0) is 15.1 Å². The smallest absolute Gasteiger partial charge is 0.308 e. The largest absolute Gasteiger partial charge is 0.469 e. The zero-order chi connectivity index (χ0) is 22.6. The summed E-state index contributed by atoms with van der Waals surface area (Å²) in [5.74, 6) is 0.431. The van der Waals surface area contributed by atoms with Crippen molar-refractivity contribution in [3.8, 4) is 0 Å². The maximum Gasteiger partial charge on any atom is 0.308 e. The molecule has 2 aromatic rings. The number of hydrogen-bond acceptors (Lipinski definition) is 5. The number of nitrogens with one attached hydrogen (secondary N) is 1. The Hall–Kier alpha value is -2.83. The number of likely N-dealkylation sites (tertiary alicyclic amines) is 1. The number of anilines is 1. The zero-order valence-corrected chi connectivity index (χ0v) is 19.2. The molecule has 1 unspecified atom stereocenters. The number of methoxy groups -OCH3 is 1. The second kappa shape index (κ2) is 9.54. The second-order valence-electron chi connectivity index (χ2n) is 8.53. The number of esters is 1. The molecule has 1 amide bonds. The molecule has 2 aliphatic rings. The molecule has 1 N–H and O–H groups in total. The lowest BCUT2D eigenvalue weighted by atomic mass is 9.89. The number of fused-ring (bicyclic) bond motifs is 1. The number of amides is 1. The summed E-state index contributed by atoms with van der Waals surface area (Å²) in [5.41, 5.74) is 1.58. The van der Waals surface area contributed by atoms with Crippen molar-refractivity contribution < 1.29 is 14.3 Å². The summed E-state index contributed by atoms with van der Waals surface area (Å²) in [4.78, 5) is 26.8. The van der Waals surface area contributed by atoms with Crippen molar-refractivity contribution in [2.45, 2.75) is 58.5 Å². The predicted molar refractivity (Wildman–Crippen MR) is 121 cm³/mol. The molecule has 0 radical (unpaired) electrons. The van der Waals surface area contributed by atoms with Gasteiger partial charge < -0.3 is 15.0 Å². The first kappa shape index (κ1) is 22.8. The fraction of sp³-hybridized carbons (Fsp3) is 0.542. The van der Waals surface area contributed by atoms with Crippen molar-refractivity contribution in [2.75, 3.05) is 25.5 Å². The highest BCUT2D eigenvalue weighted by Crippen LogP contribution is 2.40. The monoisotopic (exact) mass is 426 g/mol. The third kappa shape index (κ3) is 4.60. The highest BCUT2D eigenvalue weighted by molar-refractivity contribution is 5.99. The minimum Gasteiger partial charge on any atom is -0.469 e. The molecule has 7 heteroatoms. The van der Waals surface area contributed by atoms with Crippen LogP contribution in [-0.4, -0.2) is 46.8 Å². The summed E-state index contributed by atoms with van der Waals surface area (Å²) >= 11 is 0. The lowest BCUT2D eigenvalue weighted by molar-refractivity contribution is -0.146. The topological polar surface area (TPSA) is 76.5 Å². The van der Waals surface area contributed by atoms with Gasteiger partial charge in [0.15, 0.2) is 0 Å². The van der Waals surface area contributed by atoms with Crippen molar-refractivity contribution in [3.05, 3.63) is 47.7 Å². The third-order valence-corrected chi connectivity index (χ3v) is 6.11. The SMILES string of the molecule is CC.COC(=O)C1CCN(C(=O)c2cnn3c2NC(c2ccccc2)CC3(C)C)CC1. The minimum atomic E-state index is -0.211. The molecule has 1 aromatic carbocycles. The summed E-state index contributed by atoms with van der Waals surface area (Å²) in [7, 11) is 1.41. The molecule has 0 spiro atoms. The Morgan fingerprint density at radius 3 is 2.39 bits per heavy atom. The Kier molecular flexibility index (Phi) is 7.03. The number of hydrogen-bond donors (Lipinski definition) is 1. The summed E-state index contributed by atoms with van der Waals surface area (Å²) in [6.07, 6.45) is 3.82. The van der Waals surface area contributed by atoms with E-state index in [2.05, 4.69) is 36.4 Å². The lowest BCUT2D eigenvalue weighted by Gasteiger charge is -2.38. The van der Waals surface area contributed by atoms with Gasteiger partial charge in [-0.1, -0.05) is 44.2 Å². The Labute approximate surface area is 184 Å². The van der Waals surface area contributed by atoms with Crippen LogP contribution < -0.4 is 5.32 Å². The van der Waals surface area contributed by atoms with Gasteiger partial charge in [0.25, 0.3) is 5.91 Å². The predicted octanol–water partition coefficient (Wildman–Crippen LogP) is 4.23. The molecular formula is C24H34N4O3. The van der Waals surface area contributed by atoms with Crippen LogP contribution >= 0.6 is 0 Å². The van der Waals surface area contributed by atoms with Crippen LogP contribution in [0.25, 0.3) is 0 Å². The molecule has 1 atom stereocenters. The van der Waals surface area contributed by atoms with Crippen molar-refractivity contribution in [1.29, 1.82) is 0 Å². The van der Waals surface area contributed by atoms with Crippen molar-refractivity contribution in [3.63, 3.8) is 0 Å². The van der Waals surface area contributed by atoms with Crippen molar-refractivity contribution in [1.82, 2.24) is 14.7 Å². The van der Waals surface area contributed by atoms with Crippen LogP contribution in [0.4, 0.5) is 5.82 Å². The van der Waals surface area contributed by atoms with E-state index < -0.39 is 0 Å². The number of nitrogens with zero attached hydrogens (tertiary/aromatic N) is 3. The number of piperidine rings is 1. The molecule has 2 aliphatic heterocycles.